The van der Waals surface area contributed by atoms with Gasteiger partial charge in [0.05, 0.1) is 12.2 Å². The molecule has 4 heteroatoms. The lowest BCUT2D eigenvalue weighted by Gasteiger charge is -2.67. The molecule has 4 nitrogen and oxygen atoms in total. The molecular weight excluding hydrogens is 302 g/mol. The maximum absolute atomic E-state index is 11.9. The smallest absolute Gasteiger partial charge is 0.123 e. The van der Waals surface area contributed by atoms with Crippen molar-refractivity contribution in [3.05, 3.63) is 12.2 Å². The number of fused-ring (bicyclic) bond motifs is 1. The van der Waals surface area contributed by atoms with Crippen LogP contribution in [0.5, 0.6) is 0 Å². The van der Waals surface area contributed by atoms with Gasteiger partial charge in [0.15, 0.2) is 0 Å². The Labute approximate surface area is 142 Å². The van der Waals surface area contributed by atoms with E-state index in [2.05, 4.69) is 18.4 Å². The lowest BCUT2D eigenvalue weighted by molar-refractivity contribution is -0.272. The molecule has 9 bridgehead atoms. The first-order chi connectivity index (χ1) is 11.3. The molecule has 130 valence electrons. The number of hydrogen-bond donors (Lipinski definition) is 3. The highest BCUT2D eigenvalue weighted by Crippen LogP contribution is 2.88. The van der Waals surface area contributed by atoms with Gasteiger partial charge in [0.2, 0.25) is 0 Å². The minimum Gasteiger partial charge on any atom is -0.392 e. The molecule has 0 aromatic heterocycles. The standard InChI is InChI=1S/C20H27NO3/c1-9-10-6-11-14-18-5-3-4-17(2)8-21(14)20(24,16(17)18)7-19(11,15(9)23)13(18)12(10)22/h10-16,22-24H,1,3-8H2,2H3/t10-,11+,12+,13+,14?,15-,16-,17+,18+,19?,20+/m1/s1. The Morgan fingerprint density at radius 1 is 1.21 bits per heavy atom. The number of hydrogen-bond acceptors (Lipinski definition) is 4. The molecule has 9 aliphatic rings. The van der Waals surface area contributed by atoms with Crippen LogP contribution < -0.4 is 0 Å². The Bertz CT molecular complexity index is 724. The van der Waals surface area contributed by atoms with E-state index in [1.165, 1.54) is 12.8 Å². The molecule has 0 amide bonds. The summed E-state index contributed by atoms with van der Waals surface area (Å²) in [6, 6.07) is 0.377. The molecule has 0 aromatic carbocycles. The third-order valence-corrected chi connectivity index (χ3v) is 10.4. The third kappa shape index (κ3) is 0.903. The van der Waals surface area contributed by atoms with Crippen molar-refractivity contribution in [1.82, 2.24) is 4.90 Å². The zero-order valence-corrected chi connectivity index (χ0v) is 14.3. The molecule has 0 radical (unpaired) electrons. The molecule has 3 heterocycles. The second-order valence-corrected chi connectivity index (χ2v) is 10.7. The minimum atomic E-state index is -0.752. The summed E-state index contributed by atoms with van der Waals surface area (Å²) in [5.41, 5.74) is -0.0153. The summed E-state index contributed by atoms with van der Waals surface area (Å²) in [7, 11) is 0. The summed E-state index contributed by atoms with van der Waals surface area (Å²) < 4.78 is 0. The van der Waals surface area contributed by atoms with Crippen LogP contribution in [0.25, 0.3) is 0 Å². The van der Waals surface area contributed by atoms with Gasteiger partial charge < -0.3 is 15.3 Å². The van der Waals surface area contributed by atoms with Gasteiger partial charge in [0.1, 0.15) is 5.72 Å². The quantitative estimate of drug-likeness (QED) is 0.583. The monoisotopic (exact) mass is 329 g/mol. The molecule has 6 aliphatic carbocycles. The van der Waals surface area contributed by atoms with Crippen LogP contribution in [0.15, 0.2) is 12.2 Å². The number of piperidine rings is 2. The molecule has 9 fully saturated rings. The average molecular weight is 329 g/mol. The van der Waals surface area contributed by atoms with Crippen LogP contribution in [0, 0.1) is 39.9 Å². The zero-order chi connectivity index (χ0) is 16.4. The van der Waals surface area contributed by atoms with Gasteiger partial charge in [-0.1, -0.05) is 19.9 Å². The fourth-order valence-electron chi connectivity index (χ4n) is 10.6. The van der Waals surface area contributed by atoms with Gasteiger partial charge in [0.25, 0.3) is 0 Å². The summed E-state index contributed by atoms with van der Waals surface area (Å²) in [4.78, 5) is 2.45. The minimum absolute atomic E-state index is 0.0266. The van der Waals surface area contributed by atoms with Crippen LogP contribution >= 0.6 is 0 Å². The fourth-order valence-corrected chi connectivity index (χ4v) is 10.6. The molecule has 0 aromatic rings. The molecule has 9 rings (SSSR count). The first-order valence-electron chi connectivity index (χ1n) is 9.86. The van der Waals surface area contributed by atoms with Gasteiger partial charge in [-0.3, -0.25) is 4.90 Å². The second kappa shape index (κ2) is 3.28. The lowest BCUT2D eigenvalue weighted by Crippen LogP contribution is -2.71. The maximum Gasteiger partial charge on any atom is 0.123 e. The summed E-state index contributed by atoms with van der Waals surface area (Å²) in [6.07, 6.45) is 4.26. The van der Waals surface area contributed by atoms with E-state index in [1.54, 1.807) is 0 Å². The van der Waals surface area contributed by atoms with Crippen LogP contribution in [-0.2, 0) is 0 Å². The highest BCUT2D eigenvalue weighted by molar-refractivity contribution is 5.45. The van der Waals surface area contributed by atoms with Crippen LogP contribution in [-0.4, -0.2) is 50.7 Å². The average Bonchev–Trinajstić information content (AvgIpc) is 2.88. The van der Waals surface area contributed by atoms with Gasteiger partial charge >= 0.3 is 0 Å². The number of rotatable bonds is 0. The Kier molecular flexibility index (Phi) is 1.88. The molecule has 6 saturated carbocycles. The molecule has 24 heavy (non-hydrogen) atoms. The Hall–Kier alpha value is -0.420. The van der Waals surface area contributed by atoms with E-state index in [0.717, 1.165) is 25.0 Å². The van der Waals surface area contributed by atoms with Gasteiger partial charge in [0, 0.05) is 35.8 Å². The predicted molar refractivity (Wildman–Crippen MR) is 86.6 cm³/mol. The van der Waals surface area contributed by atoms with Crippen LogP contribution in [0.2, 0.25) is 0 Å². The van der Waals surface area contributed by atoms with Crippen molar-refractivity contribution in [2.45, 2.75) is 63.0 Å². The van der Waals surface area contributed by atoms with Crippen molar-refractivity contribution in [3.63, 3.8) is 0 Å². The first kappa shape index (κ1) is 13.7. The summed E-state index contributed by atoms with van der Waals surface area (Å²) in [5.74, 6) is 0.946. The largest absolute Gasteiger partial charge is 0.392 e. The van der Waals surface area contributed by atoms with Crippen molar-refractivity contribution in [2.75, 3.05) is 6.54 Å². The number of aliphatic hydroxyl groups is 3. The van der Waals surface area contributed by atoms with Crippen LogP contribution in [0.3, 0.4) is 0 Å². The summed E-state index contributed by atoms with van der Waals surface area (Å²) in [6.45, 7) is 7.56. The van der Waals surface area contributed by atoms with Gasteiger partial charge in [-0.2, -0.15) is 0 Å². The highest BCUT2D eigenvalue weighted by Gasteiger charge is 2.93. The van der Waals surface area contributed by atoms with Crippen molar-refractivity contribution in [1.29, 1.82) is 0 Å². The number of aliphatic hydroxyl groups excluding tert-OH is 2. The van der Waals surface area contributed by atoms with E-state index in [0.29, 0.717) is 18.4 Å². The molecule has 3 N–H and O–H groups in total. The van der Waals surface area contributed by atoms with Crippen molar-refractivity contribution >= 4 is 0 Å². The molecule has 12 atom stereocenters. The van der Waals surface area contributed by atoms with Crippen molar-refractivity contribution in [2.24, 2.45) is 39.9 Å². The van der Waals surface area contributed by atoms with Crippen LogP contribution in [0.1, 0.15) is 39.0 Å². The van der Waals surface area contributed by atoms with Gasteiger partial charge in [-0.15, -0.1) is 0 Å². The lowest BCUT2D eigenvalue weighted by atomic mass is 9.39. The topological polar surface area (TPSA) is 63.9 Å². The molecule has 3 aliphatic heterocycles. The van der Waals surface area contributed by atoms with Gasteiger partial charge in [-0.05, 0) is 48.0 Å². The van der Waals surface area contributed by atoms with Crippen LogP contribution in [0.4, 0.5) is 0 Å². The molecule has 3 saturated heterocycles. The Balaban J connectivity index is 1.57. The third-order valence-electron chi connectivity index (χ3n) is 10.4. The van der Waals surface area contributed by atoms with E-state index < -0.39 is 11.8 Å². The van der Waals surface area contributed by atoms with E-state index in [-0.39, 0.29) is 40.1 Å². The Morgan fingerprint density at radius 2 is 2.00 bits per heavy atom. The van der Waals surface area contributed by atoms with Crippen molar-refractivity contribution < 1.29 is 15.3 Å². The summed E-state index contributed by atoms with van der Waals surface area (Å²) >= 11 is 0. The summed E-state index contributed by atoms with van der Waals surface area (Å²) in [5, 5.41) is 34.4. The fraction of sp³-hybridized carbons (Fsp3) is 0.900. The van der Waals surface area contributed by atoms with E-state index in [4.69, 9.17) is 0 Å². The zero-order valence-electron chi connectivity index (χ0n) is 14.3. The Morgan fingerprint density at radius 3 is 2.79 bits per heavy atom. The van der Waals surface area contributed by atoms with Gasteiger partial charge in [-0.25, -0.2) is 0 Å². The molecule has 2 spiro atoms. The van der Waals surface area contributed by atoms with E-state index >= 15 is 0 Å². The SMILES string of the molecule is C=C1[C@H]2C[C@H]3C4N5C[C@]6(C)CCC[C@]47[C@H]([C@H]2O)C3(C[C@]5(O)[C@H]67)[C@@H]1O. The normalized spacial score (nSPS) is 76.1. The van der Waals surface area contributed by atoms with E-state index in [9.17, 15) is 15.3 Å². The first-order valence-corrected chi connectivity index (χ1v) is 9.86. The molecular formula is C20H27NO3. The molecule has 3 unspecified atom stereocenters. The highest BCUT2D eigenvalue weighted by atomic mass is 16.3. The maximum atomic E-state index is 11.9. The van der Waals surface area contributed by atoms with E-state index in [1.807, 2.05) is 0 Å². The van der Waals surface area contributed by atoms with Crippen molar-refractivity contribution in [3.8, 4) is 0 Å². The second-order valence-electron chi connectivity index (χ2n) is 10.7. The number of nitrogens with zero attached hydrogens (tertiary/aromatic N) is 1. The predicted octanol–water partition coefficient (Wildman–Crippen LogP) is 1.11.